The molecule has 1 aromatic carbocycles. The van der Waals surface area contributed by atoms with Crippen LogP contribution < -0.4 is 5.32 Å². The Morgan fingerprint density at radius 2 is 1.88 bits per heavy atom. The molecular weight excluding hydrogens is 419 g/mol. The maximum atomic E-state index is 13.3. The number of likely N-dealkylation sites (tertiary alicyclic amines) is 1. The first-order valence-corrected chi connectivity index (χ1v) is 11.0. The lowest BCUT2D eigenvalue weighted by atomic mass is 9.83. The molecule has 3 aliphatic rings. The Morgan fingerprint density at radius 3 is 2.66 bits per heavy atom. The number of ether oxygens (including phenoxy) is 1. The van der Waals surface area contributed by atoms with Crippen molar-refractivity contribution < 1.29 is 17.9 Å². The lowest BCUT2D eigenvalue weighted by Gasteiger charge is -2.40. The predicted molar refractivity (Wildman–Crippen MR) is 113 cm³/mol. The lowest BCUT2D eigenvalue weighted by Crippen LogP contribution is -2.44. The second kappa shape index (κ2) is 7.45. The molecule has 168 valence electrons. The SMILES string of the molecule is FC(F)(F)c1cc2c(N[C@@H]3c4ccccc4CC[C@H]3N3C[C@H]4COC[C@H]4C3)ncnc2[nH]1. The molecule has 6 nitrogen and oxygen atoms in total. The maximum Gasteiger partial charge on any atom is 0.431 e. The number of benzene rings is 1. The van der Waals surface area contributed by atoms with Gasteiger partial charge in [-0.2, -0.15) is 13.2 Å². The molecule has 0 bridgehead atoms. The van der Waals surface area contributed by atoms with Gasteiger partial charge in [-0.05, 0) is 30.0 Å². The number of aromatic amines is 1. The third kappa shape index (κ3) is 3.34. The predicted octanol–water partition coefficient (Wildman–Crippen LogP) is 4.02. The Balaban J connectivity index is 1.37. The number of anilines is 1. The number of halogens is 3. The Hall–Kier alpha value is -2.65. The number of aromatic nitrogens is 3. The molecule has 2 fully saturated rings. The number of nitrogens with zero attached hydrogens (tertiary/aromatic N) is 3. The first kappa shape index (κ1) is 20.0. The van der Waals surface area contributed by atoms with Crippen LogP contribution in [0.1, 0.15) is 29.3 Å². The lowest BCUT2D eigenvalue weighted by molar-refractivity contribution is -0.140. The van der Waals surface area contributed by atoms with Crippen molar-refractivity contribution in [1.82, 2.24) is 19.9 Å². The van der Waals surface area contributed by atoms with E-state index in [1.54, 1.807) is 0 Å². The Morgan fingerprint density at radius 1 is 1.09 bits per heavy atom. The van der Waals surface area contributed by atoms with Crippen molar-refractivity contribution in [3.05, 3.63) is 53.5 Å². The summed E-state index contributed by atoms with van der Waals surface area (Å²) < 4.78 is 45.5. The number of aryl methyl sites for hydroxylation is 1. The van der Waals surface area contributed by atoms with E-state index in [2.05, 4.69) is 37.3 Å². The van der Waals surface area contributed by atoms with E-state index in [4.69, 9.17) is 4.74 Å². The van der Waals surface area contributed by atoms with Gasteiger partial charge in [-0.25, -0.2) is 9.97 Å². The number of hydrogen-bond acceptors (Lipinski definition) is 5. The van der Waals surface area contributed by atoms with Gasteiger partial charge >= 0.3 is 6.18 Å². The van der Waals surface area contributed by atoms with E-state index in [0.29, 0.717) is 23.0 Å². The molecule has 3 aromatic rings. The van der Waals surface area contributed by atoms with Crippen LogP contribution in [0.15, 0.2) is 36.7 Å². The van der Waals surface area contributed by atoms with Crippen molar-refractivity contribution in [2.75, 3.05) is 31.6 Å². The third-order valence-electron chi connectivity index (χ3n) is 7.25. The van der Waals surface area contributed by atoms with E-state index >= 15 is 0 Å². The summed E-state index contributed by atoms with van der Waals surface area (Å²) >= 11 is 0. The van der Waals surface area contributed by atoms with Crippen molar-refractivity contribution in [2.24, 2.45) is 11.8 Å². The molecule has 6 rings (SSSR count). The second-order valence-electron chi connectivity index (χ2n) is 9.10. The van der Waals surface area contributed by atoms with Gasteiger partial charge in [0.15, 0.2) is 0 Å². The Bertz CT molecular complexity index is 1130. The van der Waals surface area contributed by atoms with Gasteiger partial charge in [0, 0.05) is 31.0 Å². The minimum absolute atomic E-state index is 0.0676. The van der Waals surface area contributed by atoms with Crippen molar-refractivity contribution >= 4 is 16.9 Å². The number of alkyl halides is 3. The van der Waals surface area contributed by atoms with Crippen molar-refractivity contribution in [3.63, 3.8) is 0 Å². The Labute approximate surface area is 183 Å². The van der Waals surface area contributed by atoms with E-state index in [1.165, 1.54) is 17.5 Å². The normalized spacial score (nSPS) is 28.1. The number of rotatable bonds is 3. The zero-order valence-corrected chi connectivity index (χ0v) is 17.4. The van der Waals surface area contributed by atoms with Crippen LogP contribution in [-0.4, -0.2) is 52.2 Å². The standard InChI is InChI=1S/C23H24F3N5O/c24-23(25,26)19-7-17-21(29-19)27-12-28-22(17)30-20-16-4-2-1-3-13(16)5-6-18(20)31-8-14-10-32-11-15(14)9-31/h1-4,7,12,14-15,18,20H,5-6,8-11H2,(H2,27,28,29,30)/t14-,15+,18-,20-/m1/s1. The van der Waals surface area contributed by atoms with Crippen LogP contribution in [0.25, 0.3) is 11.0 Å². The summed E-state index contributed by atoms with van der Waals surface area (Å²) in [6.07, 6.45) is -1.18. The monoisotopic (exact) mass is 443 g/mol. The zero-order valence-electron chi connectivity index (χ0n) is 17.4. The van der Waals surface area contributed by atoms with E-state index in [0.717, 1.165) is 45.2 Å². The van der Waals surface area contributed by atoms with Gasteiger partial charge in [0.25, 0.3) is 0 Å². The molecule has 0 unspecified atom stereocenters. The van der Waals surface area contributed by atoms with Gasteiger partial charge in [0.1, 0.15) is 23.5 Å². The Kier molecular flexibility index (Phi) is 4.65. The average molecular weight is 443 g/mol. The molecule has 2 aliphatic heterocycles. The summed E-state index contributed by atoms with van der Waals surface area (Å²) in [5, 5.41) is 3.88. The third-order valence-corrected chi connectivity index (χ3v) is 7.25. The molecule has 1 aliphatic carbocycles. The maximum absolute atomic E-state index is 13.3. The van der Waals surface area contributed by atoms with E-state index < -0.39 is 11.9 Å². The highest BCUT2D eigenvalue weighted by atomic mass is 19.4. The van der Waals surface area contributed by atoms with Gasteiger partial charge < -0.3 is 15.0 Å². The van der Waals surface area contributed by atoms with Gasteiger partial charge in [0.05, 0.1) is 24.6 Å². The first-order chi connectivity index (χ1) is 15.5. The molecule has 32 heavy (non-hydrogen) atoms. The summed E-state index contributed by atoms with van der Waals surface area (Å²) in [4.78, 5) is 13.3. The summed E-state index contributed by atoms with van der Waals surface area (Å²) in [7, 11) is 0. The van der Waals surface area contributed by atoms with Gasteiger partial charge in [-0.3, -0.25) is 4.90 Å². The van der Waals surface area contributed by atoms with Crippen LogP contribution in [-0.2, 0) is 17.3 Å². The fourth-order valence-electron chi connectivity index (χ4n) is 5.66. The number of fused-ring (bicyclic) bond motifs is 3. The molecule has 0 spiro atoms. The fourth-order valence-corrected chi connectivity index (χ4v) is 5.66. The largest absolute Gasteiger partial charge is 0.431 e. The number of nitrogens with one attached hydrogen (secondary N) is 2. The van der Waals surface area contributed by atoms with Crippen molar-refractivity contribution in [1.29, 1.82) is 0 Å². The highest BCUT2D eigenvalue weighted by Crippen LogP contribution is 2.41. The minimum Gasteiger partial charge on any atom is -0.381 e. The number of H-pyrrole nitrogens is 1. The molecule has 2 saturated heterocycles. The van der Waals surface area contributed by atoms with Crippen LogP contribution >= 0.6 is 0 Å². The van der Waals surface area contributed by atoms with E-state index in [9.17, 15) is 13.2 Å². The van der Waals surface area contributed by atoms with Gasteiger partial charge in [-0.15, -0.1) is 0 Å². The molecule has 4 heterocycles. The van der Waals surface area contributed by atoms with Gasteiger partial charge in [-0.1, -0.05) is 24.3 Å². The van der Waals surface area contributed by atoms with Crippen molar-refractivity contribution in [3.8, 4) is 0 Å². The molecular formula is C23H24F3N5O. The molecule has 0 amide bonds. The van der Waals surface area contributed by atoms with E-state index in [-0.39, 0.29) is 17.7 Å². The second-order valence-corrected chi connectivity index (χ2v) is 9.10. The smallest absolute Gasteiger partial charge is 0.381 e. The zero-order chi connectivity index (χ0) is 21.9. The topological polar surface area (TPSA) is 66.1 Å². The molecule has 9 heteroatoms. The quantitative estimate of drug-likeness (QED) is 0.640. The minimum atomic E-state index is -4.46. The molecule has 0 radical (unpaired) electrons. The van der Waals surface area contributed by atoms with Crippen molar-refractivity contribution in [2.45, 2.75) is 31.1 Å². The highest BCUT2D eigenvalue weighted by molar-refractivity contribution is 5.88. The summed E-state index contributed by atoms with van der Waals surface area (Å²) in [6, 6.07) is 9.59. The van der Waals surface area contributed by atoms with Crippen LogP contribution in [0.4, 0.5) is 19.0 Å². The molecule has 2 aromatic heterocycles. The average Bonchev–Trinajstić information content (AvgIpc) is 3.48. The summed E-state index contributed by atoms with van der Waals surface area (Å²) in [5.41, 5.74) is 1.84. The highest BCUT2D eigenvalue weighted by Gasteiger charge is 2.43. The van der Waals surface area contributed by atoms with Crippen LogP contribution in [0.2, 0.25) is 0 Å². The van der Waals surface area contributed by atoms with Crippen LogP contribution in [0.3, 0.4) is 0 Å². The van der Waals surface area contributed by atoms with Crippen LogP contribution in [0, 0.1) is 11.8 Å². The van der Waals surface area contributed by atoms with Crippen LogP contribution in [0.5, 0.6) is 0 Å². The molecule has 4 atom stereocenters. The molecule has 0 saturated carbocycles. The van der Waals surface area contributed by atoms with Gasteiger partial charge in [0.2, 0.25) is 0 Å². The summed E-state index contributed by atoms with van der Waals surface area (Å²) in [6.45, 7) is 3.63. The van der Waals surface area contributed by atoms with E-state index in [1.807, 2.05) is 12.1 Å². The number of hydrogen-bond donors (Lipinski definition) is 2. The summed E-state index contributed by atoms with van der Waals surface area (Å²) in [5.74, 6) is 1.56. The molecule has 2 N–H and O–H groups in total. The fraction of sp³-hybridized carbons (Fsp3) is 0.478. The first-order valence-electron chi connectivity index (χ1n) is 11.0.